The Morgan fingerprint density at radius 2 is 2.09 bits per heavy atom. The number of phenols is 1. The van der Waals surface area contributed by atoms with E-state index in [9.17, 15) is 5.11 Å². The predicted octanol–water partition coefficient (Wildman–Crippen LogP) is 2.31. The lowest BCUT2D eigenvalue weighted by Gasteiger charge is -2.05. The zero-order chi connectivity index (χ0) is 8.43. The van der Waals surface area contributed by atoms with Crippen molar-refractivity contribution in [3.63, 3.8) is 0 Å². The van der Waals surface area contributed by atoms with Crippen LogP contribution in [0, 0.1) is 10.5 Å². The maximum absolute atomic E-state index is 9.27. The second-order valence-corrected chi connectivity index (χ2v) is 3.44. The molecule has 0 aromatic heterocycles. The molecule has 0 atom stereocenters. The van der Waals surface area contributed by atoms with Crippen LogP contribution in [0.3, 0.4) is 0 Å². The monoisotopic (exact) mass is 264 g/mol. The van der Waals surface area contributed by atoms with Gasteiger partial charge in [0.25, 0.3) is 0 Å². The maximum atomic E-state index is 9.27. The molecule has 0 spiro atoms. The molecule has 1 aromatic rings. The summed E-state index contributed by atoms with van der Waals surface area (Å²) < 4.78 is 6.03. The highest BCUT2D eigenvalue weighted by Gasteiger charge is 2.03. The van der Waals surface area contributed by atoms with Crippen LogP contribution in [0.15, 0.2) is 12.1 Å². The Bertz CT molecular complexity index is 271. The molecule has 0 saturated heterocycles. The number of rotatable bonds is 1. The Morgan fingerprint density at radius 1 is 1.45 bits per heavy atom. The molecule has 0 aliphatic heterocycles. The zero-order valence-electron chi connectivity index (χ0n) is 6.39. The topological polar surface area (TPSA) is 29.5 Å². The van der Waals surface area contributed by atoms with Crippen LogP contribution in [-0.2, 0) is 0 Å². The molecule has 0 aliphatic rings. The number of benzene rings is 1. The van der Waals surface area contributed by atoms with E-state index in [0.717, 1.165) is 9.13 Å². The van der Waals surface area contributed by atoms with Gasteiger partial charge in [0.05, 0.1) is 10.7 Å². The molecule has 1 N–H and O–H groups in total. The van der Waals surface area contributed by atoms with Crippen LogP contribution in [0.1, 0.15) is 5.56 Å². The number of hydrogen-bond acceptors (Lipinski definition) is 2. The Kier molecular flexibility index (Phi) is 2.59. The summed E-state index contributed by atoms with van der Waals surface area (Å²) in [5.41, 5.74) is 0.871. The van der Waals surface area contributed by atoms with Crippen molar-refractivity contribution in [2.24, 2.45) is 0 Å². The van der Waals surface area contributed by atoms with E-state index in [1.807, 2.05) is 13.0 Å². The van der Waals surface area contributed by atoms with E-state index in [-0.39, 0.29) is 5.75 Å². The lowest BCUT2D eigenvalue weighted by Crippen LogP contribution is -1.87. The Hall–Kier alpha value is -0.450. The van der Waals surface area contributed by atoms with Crippen LogP contribution in [0.25, 0.3) is 0 Å². The van der Waals surface area contributed by atoms with Gasteiger partial charge in [0.1, 0.15) is 11.5 Å². The van der Waals surface area contributed by atoms with Crippen molar-refractivity contribution >= 4 is 22.6 Å². The number of phenolic OH excluding ortho intramolecular Hbond substituents is 1. The van der Waals surface area contributed by atoms with Crippen LogP contribution in [-0.4, -0.2) is 12.2 Å². The zero-order valence-corrected chi connectivity index (χ0v) is 8.55. The number of hydrogen-bond donors (Lipinski definition) is 1. The third kappa shape index (κ3) is 1.77. The lowest BCUT2D eigenvalue weighted by molar-refractivity contribution is 0.404. The molecule has 60 valence electrons. The minimum absolute atomic E-state index is 0.280. The number of ether oxygens (including phenoxy) is 1. The van der Waals surface area contributed by atoms with Gasteiger partial charge >= 0.3 is 0 Å². The van der Waals surface area contributed by atoms with Gasteiger partial charge in [0.15, 0.2) is 0 Å². The number of methoxy groups -OCH3 is 1. The summed E-state index contributed by atoms with van der Waals surface area (Å²) in [7, 11) is 1.59. The second-order valence-electron chi connectivity index (χ2n) is 2.27. The summed E-state index contributed by atoms with van der Waals surface area (Å²) >= 11 is 2.17. The quantitative estimate of drug-likeness (QED) is 0.789. The van der Waals surface area contributed by atoms with Crippen molar-refractivity contribution in [2.75, 3.05) is 7.11 Å². The number of aromatic hydroxyl groups is 1. The van der Waals surface area contributed by atoms with Crippen molar-refractivity contribution in [3.05, 3.63) is 21.3 Å². The van der Waals surface area contributed by atoms with Gasteiger partial charge in [-0.05, 0) is 41.1 Å². The lowest BCUT2D eigenvalue weighted by atomic mass is 10.2. The van der Waals surface area contributed by atoms with Gasteiger partial charge in [-0.3, -0.25) is 0 Å². The molecule has 11 heavy (non-hydrogen) atoms. The first kappa shape index (κ1) is 8.64. The fourth-order valence-electron chi connectivity index (χ4n) is 0.799. The van der Waals surface area contributed by atoms with Gasteiger partial charge in [-0.25, -0.2) is 0 Å². The summed E-state index contributed by atoms with van der Waals surface area (Å²) in [4.78, 5) is 0. The Morgan fingerprint density at radius 3 is 2.64 bits per heavy atom. The summed E-state index contributed by atoms with van der Waals surface area (Å²) in [6.07, 6.45) is 0. The van der Waals surface area contributed by atoms with Crippen molar-refractivity contribution < 1.29 is 9.84 Å². The van der Waals surface area contributed by atoms with Crippen LogP contribution in [0.5, 0.6) is 11.5 Å². The normalized spacial score (nSPS) is 9.73. The number of halogens is 1. The van der Waals surface area contributed by atoms with E-state index >= 15 is 0 Å². The SMILES string of the molecule is COc1cc(O)c(C)cc1I. The summed E-state index contributed by atoms with van der Waals surface area (Å²) in [5, 5.41) is 9.27. The van der Waals surface area contributed by atoms with Gasteiger partial charge in [0.2, 0.25) is 0 Å². The average Bonchev–Trinajstić information content (AvgIpc) is 1.97. The van der Waals surface area contributed by atoms with Gasteiger partial charge in [0, 0.05) is 6.07 Å². The van der Waals surface area contributed by atoms with Crippen molar-refractivity contribution in [2.45, 2.75) is 6.92 Å². The standard InChI is InChI=1S/C8H9IO2/c1-5-3-6(9)8(11-2)4-7(5)10/h3-4,10H,1-2H3. The molecular formula is C8H9IO2. The maximum Gasteiger partial charge on any atom is 0.135 e. The third-order valence-corrected chi connectivity index (χ3v) is 2.31. The van der Waals surface area contributed by atoms with Crippen molar-refractivity contribution in [1.29, 1.82) is 0 Å². The average molecular weight is 264 g/mol. The van der Waals surface area contributed by atoms with E-state index in [1.165, 1.54) is 0 Å². The van der Waals surface area contributed by atoms with Crippen molar-refractivity contribution in [1.82, 2.24) is 0 Å². The van der Waals surface area contributed by atoms with Crippen LogP contribution in [0.2, 0.25) is 0 Å². The third-order valence-electron chi connectivity index (χ3n) is 1.47. The molecule has 0 heterocycles. The van der Waals surface area contributed by atoms with Crippen LogP contribution >= 0.6 is 22.6 Å². The molecule has 0 unspecified atom stereocenters. The molecule has 0 aliphatic carbocycles. The van der Waals surface area contributed by atoms with Gasteiger partial charge < -0.3 is 9.84 Å². The molecule has 1 aromatic carbocycles. The van der Waals surface area contributed by atoms with Crippen molar-refractivity contribution in [3.8, 4) is 11.5 Å². The Labute approximate surface area is 79.3 Å². The Balaban J connectivity index is 3.21. The first-order valence-electron chi connectivity index (χ1n) is 3.18. The largest absolute Gasteiger partial charge is 0.508 e. The van der Waals surface area contributed by atoms with Gasteiger partial charge in [-0.2, -0.15) is 0 Å². The fraction of sp³-hybridized carbons (Fsp3) is 0.250. The first-order chi connectivity index (χ1) is 5.15. The molecule has 0 amide bonds. The van der Waals surface area contributed by atoms with E-state index in [2.05, 4.69) is 22.6 Å². The molecule has 0 fully saturated rings. The highest BCUT2D eigenvalue weighted by Crippen LogP contribution is 2.28. The number of aryl methyl sites for hydroxylation is 1. The molecule has 2 nitrogen and oxygen atoms in total. The minimum atomic E-state index is 0.280. The molecule has 0 saturated carbocycles. The van der Waals surface area contributed by atoms with Crippen LogP contribution in [0.4, 0.5) is 0 Å². The molecule has 3 heteroatoms. The highest BCUT2D eigenvalue weighted by atomic mass is 127. The first-order valence-corrected chi connectivity index (χ1v) is 4.26. The molecule has 0 bridgehead atoms. The summed E-state index contributed by atoms with van der Waals surface area (Å²) in [6.45, 7) is 1.86. The van der Waals surface area contributed by atoms with E-state index < -0.39 is 0 Å². The van der Waals surface area contributed by atoms with E-state index in [0.29, 0.717) is 5.75 Å². The predicted molar refractivity (Wildman–Crippen MR) is 52.1 cm³/mol. The molecule has 1 rings (SSSR count). The van der Waals surface area contributed by atoms with E-state index in [1.54, 1.807) is 13.2 Å². The van der Waals surface area contributed by atoms with E-state index in [4.69, 9.17) is 4.74 Å². The fourth-order valence-corrected chi connectivity index (χ4v) is 1.64. The second kappa shape index (κ2) is 3.30. The van der Waals surface area contributed by atoms with Crippen LogP contribution < -0.4 is 4.74 Å². The summed E-state index contributed by atoms with van der Waals surface area (Å²) in [5.74, 6) is 0.996. The highest BCUT2D eigenvalue weighted by molar-refractivity contribution is 14.1. The van der Waals surface area contributed by atoms with Gasteiger partial charge in [-0.15, -0.1) is 0 Å². The molecule has 0 radical (unpaired) electrons. The van der Waals surface area contributed by atoms with Gasteiger partial charge in [-0.1, -0.05) is 0 Å². The minimum Gasteiger partial charge on any atom is -0.508 e. The summed E-state index contributed by atoms with van der Waals surface area (Å²) in [6, 6.07) is 3.51. The molecular weight excluding hydrogens is 255 g/mol. The smallest absolute Gasteiger partial charge is 0.135 e.